The Kier molecular flexibility index (Phi) is 4.34. The van der Waals surface area contributed by atoms with Crippen LogP contribution in [0.4, 0.5) is 0 Å². The molecule has 0 saturated heterocycles. The van der Waals surface area contributed by atoms with Crippen LogP contribution in [0.2, 0.25) is 0 Å². The lowest BCUT2D eigenvalue weighted by molar-refractivity contribution is 0.0906. The van der Waals surface area contributed by atoms with Crippen molar-refractivity contribution in [2.24, 2.45) is 5.92 Å². The second-order valence-electron chi connectivity index (χ2n) is 5.97. The summed E-state index contributed by atoms with van der Waals surface area (Å²) in [7, 11) is 0. The Morgan fingerprint density at radius 2 is 2.05 bits per heavy atom. The normalized spacial score (nSPS) is 21.7. The summed E-state index contributed by atoms with van der Waals surface area (Å²) >= 11 is 3.38. The van der Waals surface area contributed by atoms with Gasteiger partial charge < -0.3 is 9.73 Å². The highest BCUT2D eigenvalue weighted by Crippen LogP contribution is 2.24. The lowest BCUT2D eigenvalue weighted by atomic mass is 9.86. The lowest BCUT2D eigenvalue weighted by Gasteiger charge is -2.29. The van der Waals surface area contributed by atoms with Crippen molar-refractivity contribution in [3.8, 4) is 0 Å². The Morgan fingerprint density at radius 3 is 2.82 bits per heavy atom. The molecule has 0 aliphatic heterocycles. The predicted molar refractivity (Wildman–Crippen MR) is 89.1 cm³/mol. The van der Waals surface area contributed by atoms with Crippen LogP contribution in [0.15, 0.2) is 37.9 Å². The van der Waals surface area contributed by atoms with Gasteiger partial charge in [0.05, 0.1) is 0 Å². The third-order valence-corrected chi connectivity index (χ3v) is 4.86. The van der Waals surface area contributed by atoms with Gasteiger partial charge in [0.1, 0.15) is 11.1 Å². The number of benzene rings is 1. The zero-order valence-electron chi connectivity index (χ0n) is 12.4. The predicted octanol–water partition coefficient (Wildman–Crippen LogP) is 3.86. The van der Waals surface area contributed by atoms with E-state index in [0.717, 1.165) is 29.1 Å². The molecule has 2 aromatic rings. The van der Waals surface area contributed by atoms with Gasteiger partial charge in [0.25, 0.3) is 5.91 Å². The SMILES string of the molecule is C[C@@H]1CCCC[C@H]1NC(=O)c1cc2cc(Br)ccc2oc1=O. The van der Waals surface area contributed by atoms with Gasteiger partial charge in [-0.1, -0.05) is 35.7 Å². The van der Waals surface area contributed by atoms with E-state index < -0.39 is 5.63 Å². The summed E-state index contributed by atoms with van der Waals surface area (Å²) in [5.74, 6) is 0.105. The summed E-state index contributed by atoms with van der Waals surface area (Å²) in [5.41, 5.74) is -0.0325. The summed E-state index contributed by atoms with van der Waals surface area (Å²) in [6.45, 7) is 2.14. The van der Waals surface area contributed by atoms with Gasteiger partial charge >= 0.3 is 5.63 Å². The molecule has 3 rings (SSSR count). The molecule has 0 spiro atoms. The van der Waals surface area contributed by atoms with E-state index in [1.807, 2.05) is 6.07 Å². The van der Waals surface area contributed by atoms with Gasteiger partial charge in [-0.3, -0.25) is 4.79 Å². The Morgan fingerprint density at radius 1 is 1.27 bits per heavy atom. The van der Waals surface area contributed by atoms with Gasteiger partial charge in [-0.15, -0.1) is 0 Å². The fourth-order valence-electron chi connectivity index (χ4n) is 3.03. The summed E-state index contributed by atoms with van der Waals surface area (Å²) in [5, 5.41) is 3.73. The first-order chi connectivity index (χ1) is 10.5. The standard InChI is InChI=1S/C17H18BrNO3/c1-10-4-2-3-5-14(10)19-16(20)13-9-11-8-12(18)6-7-15(11)22-17(13)21/h6-10,14H,2-5H2,1H3,(H,19,20)/t10-,14-/m1/s1. The minimum Gasteiger partial charge on any atom is -0.422 e. The number of hydrogen-bond donors (Lipinski definition) is 1. The Labute approximate surface area is 137 Å². The van der Waals surface area contributed by atoms with E-state index in [2.05, 4.69) is 28.2 Å². The highest BCUT2D eigenvalue weighted by atomic mass is 79.9. The molecule has 1 heterocycles. The van der Waals surface area contributed by atoms with Crippen molar-refractivity contribution >= 4 is 32.8 Å². The summed E-state index contributed by atoms with van der Waals surface area (Å²) < 4.78 is 6.12. The van der Waals surface area contributed by atoms with Gasteiger partial charge in [-0.2, -0.15) is 0 Å². The van der Waals surface area contributed by atoms with Crippen LogP contribution in [0.3, 0.4) is 0 Å². The van der Waals surface area contributed by atoms with E-state index in [1.54, 1.807) is 18.2 Å². The number of fused-ring (bicyclic) bond motifs is 1. The molecule has 2 atom stereocenters. The second-order valence-corrected chi connectivity index (χ2v) is 6.89. The van der Waals surface area contributed by atoms with Gasteiger partial charge in [-0.05, 0) is 43.0 Å². The molecule has 1 saturated carbocycles. The van der Waals surface area contributed by atoms with Crippen LogP contribution in [0.5, 0.6) is 0 Å². The van der Waals surface area contributed by atoms with Crippen molar-refractivity contribution in [2.45, 2.75) is 38.6 Å². The molecule has 0 radical (unpaired) electrons. The first kappa shape index (κ1) is 15.3. The average Bonchev–Trinajstić information content (AvgIpc) is 2.49. The van der Waals surface area contributed by atoms with E-state index in [1.165, 1.54) is 6.42 Å². The highest BCUT2D eigenvalue weighted by molar-refractivity contribution is 9.10. The molecule has 0 unspecified atom stereocenters. The third kappa shape index (κ3) is 3.09. The minimum absolute atomic E-state index is 0.0726. The molecular formula is C17H18BrNO3. The largest absolute Gasteiger partial charge is 0.422 e. The van der Waals surface area contributed by atoms with Crippen LogP contribution in [0, 0.1) is 5.92 Å². The summed E-state index contributed by atoms with van der Waals surface area (Å²) in [6.07, 6.45) is 4.41. The molecule has 1 N–H and O–H groups in total. The third-order valence-electron chi connectivity index (χ3n) is 4.37. The molecule has 0 bridgehead atoms. The maximum absolute atomic E-state index is 12.4. The molecule has 1 aliphatic carbocycles. The molecule has 22 heavy (non-hydrogen) atoms. The molecule has 5 heteroatoms. The van der Waals surface area contributed by atoms with Crippen molar-refractivity contribution < 1.29 is 9.21 Å². The molecule has 1 aromatic heterocycles. The van der Waals surface area contributed by atoms with E-state index >= 15 is 0 Å². The summed E-state index contributed by atoms with van der Waals surface area (Å²) in [4.78, 5) is 24.5. The highest BCUT2D eigenvalue weighted by Gasteiger charge is 2.24. The fourth-order valence-corrected chi connectivity index (χ4v) is 3.41. The molecule has 1 fully saturated rings. The second kappa shape index (κ2) is 6.24. The van der Waals surface area contributed by atoms with Crippen molar-refractivity contribution in [1.29, 1.82) is 0 Å². The maximum atomic E-state index is 12.4. The van der Waals surface area contributed by atoms with Crippen LogP contribution in [-0.2, 0) is 0 Å². The van der Waals surface area contributed by atoms with E-state index in [0.29, 0.717) is 11.5 Å². The van der Waals surface area contributed by atoms with Crippen LogP contribution >= 0.6 is 15.9 Å². The van der Waals surface area contributed by atoms with Crippen LogP contribution in [0.1, 0.15) is 43.0 Å². The van der Waals surface area contributed by atoms with Crippen molar-refractivity contribution in [2.75, 3.05) is 0 Å². The maximum Gasteiger partial charge on any atom is 0.349 e. The van der Waals surface area contributed by atoms with Crippen LogP contribution in [-0.4, -0.2) is 11.9 Å². The smallest absolute Gasteiger partial charge is 0.349 e. The molecular weight excluding hydrogens is 346 g/mol. The fraction of sp³-hybridized carbons (Fsp3) is 0.412. The number of halogens is 1. The summed E-state index contributed by atoms with van der Waals surface area (Å²) in [6, 6.07) is 7.09. The lowest BCUT2D eigenvalue weighted by Crippen LogP contribution is -2.42. The number of hydrogen-bond acceptors (Lipinski definition) is 3. The van der Waals surface area contributed by atoms with E-state index in [9.17, 15) is 9.59 Å². The minimum atomic E-state index is -0.587. The van der Waals surface area contributed by atoms with Crippen molar-refractivity contribution in [1.82, 2.24) is 5.32 Å². The number of carbonyl (C=O) groups excluding carboxylic acids is 1. The zero-order valence-corrected chi connectivity index (χ0v) is 14.0. The first-order valence-corrected chi connectivity index (χ1v) is 8.38. The Bertz CT molecular complexity index is 768. The number of carbonyl (C=O) groups is 1. The topological polar surface area (TPSA) is 59.3 Å². The van der Waals surface area contributed by atoms with Crippen molar-refractivity contribution in [3.05, 3.63) is 44.7 Å². The Balaban J connectivity index is 1.90. The number of nitrogens with one attached hydrogen (secondary N) is 1. The van der Waals surface area contributed by atoms with Gasteiger partial charge in [0, 0.05) is 15.9 Å². The molecule has 1 aromatic carbocycles. The van der Waals surface area contributed by atoms with E-state index in [4.69, 9.17) is 4.42 Å². The first-order valence-electron chi connectivity index (χ1n) is 7.59. The van der Waals surface area contributed by atoms with Gasteiger partial charge in [0.15, 0.2) is 0 Å². The Hall–Kier alpha value is -1.62. The zero-order chi connectivity index (χ0) is 15.7. The van der Waals surface area contributed by atoms with Crippen LogP contribution < -0.4 is 10.9 Å². The molecule has 1 amide bonds. The average molecular weight is 364 g/mol. The van der Waals surface area contributed by atoms with Crippen LogP contribution in [0.25, 0.3) is 11.0 Å². The number of rotatable bonds is 2. The van der Waals surface area contributed by atoms with Crippen molar-refractivity contribution in [3.63, 3.8) is 0 Å². The quantitative estimate of drug-likeness (QED) is 0.824. The van der Waals surface area contributed by atoms with E-state index in [-0.39, 0.29) is 17.5 Å². The molecule has 1 aliphatic rings. The molecule has 116 valence electrons. The molecule has 4 nitrogen and oxygen atoms in total. The van der Waals surface area contributed by atoms with Gasteiger partial charge in [0.2, 0.25) is 0 Å². The van der Waals surface area contributed by atoms with Gasteiger partial charge in [-0.25, -0.2) is 4.79 Å². The number of amides is 1. The monoisotopic (exact) mass is 363 g/mol.